The van der Waals surface area contributed by atoms with Crippen molar-refractivity contribution in [1.29, 1.82) is 5.26 Å². The highest BCUT2D eigenvalue weighted by Crippen LogP contribution is 2.17. The molecule has 2 amide bonds. The smallest absolute Gasteiger partial charge is 0.410 e. The Morgan fingerprint density at radius 2 is 2.07 bits per heavy atom. The van der Waals surface area contributed by atoms with Crippen molar-refractivity contribution < 1.29 is 19.1 Å². The average Bonchev–Trinajstić information content (AvgIpc) is 3.29. The van der Waals surface area contributed by atoms with Crippen LogP contribution in [0.15, 0.2) is 30.3 Å². The van der Waals surface area contributed by atoms with Gasteiger partial charge in [0.2, 0.25) is 0 Å². The third kappa shape index (κ3) is 5.92. The Hall–Kier alpha value is -2.63. The monoisotopic (exact) mass is 400 g/mol. The summed E-state index contributed by atoms with van der Waals surface area (Å²) in [5.41, 5.74) is 0.922. The number of rotatable bonds is 7. The number of carbonyl (C=O) groups excluding carboxylic acids is 2. The van der Waals surface area contributed by atoms with E-state index in [1.54, 1.807) is 9.80 Å². The number of hydrogen-bond donors (Lipinski definition) is 1. The molecule has 1 N–H and O–H groups in total. The molecule has 2 fully saturated rings. The third-order valence-electron chi connectivity index (χ3n) is 5.27. The maximum atomic E-state index is 13.4. The largest absolute Gasteiger partial charge is 0.436 e. The van der Waals surface area contributed by atoms with E-state index in [0.29, 0.717) is 45.8 Å². The molecule has 156 valence electrons. The molecule has 2 saturated heterocycles. The SMILES string of the molecule is N#CCCN(C(=O)C(Cc1ccccc1)OC(=O)N1CCOCC1)C1CCNC1. The first kappa shape index (κ1) is 21.1. The van der Waals surface area contributed by atoms with Crippen LogP contribution in [0.2, 0.25) is 0 Å². The summed E-state index contributed by atoms with van der Waals surface area (Å²) in [4.78, 5) is 29.4. The lowest BCUT2D eigenvalue weighted by molar-refractivity contribution is -0.143. The van der Waals surface area contributed by atoms with Crippen LogP contribution in [0.1, 0.15) is 18.4 Å². The molecule has 0 saturated carbocycles. The van der Waals surface area contributed by atoms with E-state index in [2.05, 4.69) is 11.4 Å². The first-order valence-electron chi connectivity index (χ1n) is 10.1. The van der Waals surface area contributed by atoms with Crippen LogP contribution in [0.5, 0.6) is 0 Å². The minimum absolute atomic E-state index is 0.0104. The van der Waals surface area contributed by atoms with E-state index in [1.165, 1.54) is 0 Å². The van der Waals surface area contributed by atoms with E-state index in [1.807, 2.05) is 30.3 Å². The maximum absolute atomic E-state index is 13.4. The number of benzene rings is 1. The third-order valence-corrected chi connectivity index (χ3v) is 5.27. The molecule has 0 aliphatic carbocycles. The number of nitrogens with zero attached hydrogens (tertiary/aromatic N) is 3. The van der Waals surface area contributed by atoms with Gasteiger partial charge in [-0.25, -0.2) is 4.79 Å². The molecule has 0 aromatic heterocycles. The highest BCUT2D eigenvalue weighted by atomic mass is 16.6. The van der Waals surface area contributed by atoms with Crippen LogP contribution >= 0.6 is 0 Å². The molecule has 3 rings (SSSR count). The zero-order valence-corrected chi connectivity index (χ0v) is 16.6. The van der Waals surface area contributed by atoms with Crippen molar-refractivity contribution in [1.82, 2.24) is 15.1 Å². The lowest BCUT2D eigenvalue weighted by atomic mass is 10.1. The Morgan fingerprint density at radius 1 is 1.31 bits per heavy atom. The second-order valence-corrected chi connectivity index (χ2v) is 7.25. The molecule has 2 atom stereocenters. The summed E-state index contributed by atoms with van der Waals surface area (Å²) in [7, 11) is 0. The molecular weight excluding hydrogens is 372 g/mol. The van der Waals surface area contributed by atoms with Gasteiger partial charge in [0, 0.05) is 38.6 Å². The molecule has 0 radical (unpaired) electrons. The van der Waals surface area contributed by atoms with Gasteiger partial charge in [-0.1, -0.05) is 30.3 Å². The number of amides is 2. The van der Waals surface area contributed by atoms with Gasteiger partial charge >= 0.3 is 6.09 Å². The lowest BCUT2D eigenvalue weighted by Crippen LogP contribution is -2.50. The molecule has 2 aliphatic rings. The van der Waals surface area contributed by atoms with Crippen molar-refractivity contribution in [2.24, 2.45) is 0 Å². The Morgan fingerprint density at radius 3 is 2.72 bits per heavy atom. The Bertz CT molecular complexity index is 709. The van der Waals surface area contributed by atoms with Gasteiger partial charge in [0.15, 0.2) is 6.10 Å². The molecular formula is C21H28N4O4. The lowest BCUT2D eigenvalue weighted by Gasteiger charge is -2.33. The van der Waals surface area contributed by atoms with Crippen molar-refractivity contribution in [2.45, 2.75) is 31.4 Å². The van der Waals surface area contributed by atoms with Gasteiger partial charge < -0.3 is 24.6 Å². The van der Waals surface area contributed by atoms with Crippen molar-refractivity contribution in [3.63, 3.8) is 0 Å². The number of carbonyl (C=O) groups is 2. The summed E-state index contributed by atoms with van der Waals surface area (Å²) < 4.78 is 11.0. The predicted molar refractivity (Wildman–Crippen MR) is 106 cm³/mol. The standard InChI is InChI=1S/C21H28N4O4/c22-8-4-10-25(18-7-9-23-16-18)20(26)19(15-17-5-2-1-3-6-17)29-21(27)24-11-13-28-14-12-24/h1-3,5-6,18-19,23H,4,7,9-16H2. The van der Waals surface area contributed by atoms with Crippen molar-refractivity contribution >= 4 is 12.0 Å². The van der Waals surface area contributed by atoms with E-state index >= 15 is 0 Å². The number of nitrogens with one attached hydrogen (secondary N) is 1. The second-order valence-electron chi connectivity index (χ2n) is 7.25. The van der Waals surface area contributed by atoms with Gasteiger partial charge in [0.25, 0.3) is 5.91 Å². The van der Waals surface area contributed by atoms with Crippen LogP contribution in [-0.2, 0) is 20.7 Å². The summed E-state index contributed by atoms with van der Waals surface area (Å²) in [6, 6.07) is 11.7. The molecule has 8 nitrogen and oxygen atoms in total. The molecule has 8 heteroatoms. The molecule has 2 unspecified atom stereocenters. The molecule has 29 heavy (non-hydrogen) atoms. The fourth-order valence-corrected chi connectivity index (χ4v) is 3.68. The van der Waals surface area contributed by atoms with E-state index in [9.17, 15) is 9.59 Å². The van der Waals surface area contributed by atoms with Crippen LogP contribution in [-0.4, -0.2) is 79.9 Å². The molecule has 2 aliphatic heterocycles. The van der Waals surface area contributed by atoms with Crippen LogP contribution in [0, 0.1) is 11.3 Å². The van der Waals surface area contributed by atoms with E-state index < -0.39 is 12.2 Å². The normalized spacial score (nSPS) is 20.0. The first-order valence-corrected chi connectivity index (χ1v) is 10.1. The molecule has 1 aromatic carbocycles. The van der Waals surface area contributed by atoms with Crippen molar-refractivity contribution in [3.8, 4) is 6.07 Å². The predicted octanol–water partition coefficient (Wildman–Crippen LogP) is 1.17. The van der Waals surface area contributed by atoms with Crippen LogP contribution < -0.4 is 5.32 Å². The Balaban J connectivity index is 1.76. The van der Waals surface area contributed by atoms with Crippen LogP contribution in [0.3, 0.4) is 0 Å². The Labute approximate surface area is 171 Å². The fraction of sp³-hybridized carbons (Fsp3) is 0.571. The summed E-state index contributed by atoms with van der Waals surface area (Å²) in [6.07, 6.45) is -0.0390. The van der Waals surface area contributed by atoms with Crippen LogP contribution in [0.4, 0.5) is 4.79 Å². The van der Waals surface area contributed by atoms with E-state index in [4.69, 9.17) is 14.7 Å². The average molecular weight is 400 g/mol. The Kier molecular flexibility index (Phi) is 7.85. The molecule has 2 heterocycles. The minimum atomic E-state index is -0.924. The van der Waals surface area contributed by atoms with Gasteiger partial charge in [0.1, 0.15) is 0 Å². The second kappa shape index (κ2) is 10.8. The fourth-order valence-electron chi connectivity index (χ4n) is 3.68. The van der Waals surface area contributed by atoms with Crippen molar-refractivity contribution in [3.05, 3.63) is 35.9 Å². The topological polar surface area (TPSA) is 94.9 Å². The van der Waals surface area contributed by atoms with E-state index in [-0.39, 0.29) is 18.4 Å². The van der Waals surface area contributed by atoms with Gasteiger partial charge in [-0.05, 0) is 18.5 Å². The molecule has 0 bridgehead atoms. The quantitative estimate of drug-likeness (QED) is 0.738. The number of hydrogen-bond acceptors (Lipinski definition) is 6. The summed E-state index contributed by atoms with van der Waals surface area (Å²) in [6.45, 7) is 3.70. The highest BCUT2D eigenvalue weighted by Gasteiger charge is 2.34. The summed E-state index contributed by atoms with van der Waals surface area (Å²) in [5.74, 6) is -0.237. The van der Waals surface area contributed by atoms with Gasteiger partial charge in [-0.15, -0.1) is 0 Å². The summed E-state index contributed by atoms with van der Waals surface area (Å²) >= 11 is 0. The number of ether oxygens (including phenoxy) is 2. The minimum Gasteiger partial charge on any atom is -0.436 e. The van der Waals surface area contributed by atoms with Gasteiger partial charge in [-0.3, -0.25) is 4.79 Å². The zero-order chi connectivity index (χ0) is 20.5. The van der Waals surface area contributed by atoms with Gasteiger partial charge in [0.05, 0.1) is 25.7 Å². The number of morpholine rings is 1. The highest BCUT2D eigenvalue weighted by molar-refractivity contribution is 5.84. The zero-order valence-electron chi connectivity index (χ0n) is 16.6. The van der Waals surface area contributed by atoms with Crippen molar-refractivity contribution in [2.75, 3.05) is 45.9 Å². The first-order chi connectivity index (χ1) is 14.2. The summed E-state index contributed by atoms with van der Waals surface area (Å²) in [5, 5.41) is 12.3. The van der Waals surface area contributed by atoms with E-state index in [0.717, 1.165) is 18.5 Å². The number of nitriles is 1. The van der Waals surface area contributed by atoms with Crippen LogP contribution in [0.25, 0.3) is 0 Å². The molecule has 1 aromatic rings. The molecule has 0 spiro atoms. The van der Waals surface area contributed by atoms with Gasteiger partial charge in [-0.2, -0.15) is 5.26 Å². The maximum Gasteiger partial charge on any atom is 0.410 e.